The molecule has 0 N–H and O–H groups in total. The van der Waals surface area contributed by atoms with Crippen molar-refractivity contribution in [3.05, 3.63) is 69.8 Å². The zero-order valence-corrected chi connectivity index (χ0v) is 21.4. The van der Waals surface area contributed by atoms with Gasteiger partial charge in [-0.05, 0) is 68.4 Å². The lowest BCUT2D eigenvalue weighted by Crippen LogP contribution is -2.39. The lowest BCUT2D eigenvalue weighted by atomic mass is 9.91. The molecule has 0 bridgehead atoms. The number of aromatic nitrogens is 1. The van der Waals surface area contributed by atoms with Gasteiger partial charge in [0.1, 0.15) is 0 Å². The molecule has 4 rings (SSSR count). The first-order valence-electron chi connectivity index (χ1n) is 12.2. The molecule has 0 spiro atoms. The lowest BCUT2D eigenvalue weighted by molar-refractivity contribution is -0.132. The molecule has 2 aromatic carbocycles. The molecule has 4 nitrogen and oxygen atoms in total. The Labute approximate surface area is 206 Å². The predicted molar refractivity (Wildman–Crippen MR) is 139 cm³/mol. The SMILES string of the molecule is COCCCn1c(C2CCCN(C(=O)CCCc3ccc(Br)cc3)C2)c(C)c2ccccc21. The van der Waals surface area contributed by atoms with E-state index in [0.717, 1.165) is 62.8 Å². The average Bonchev–Trinajstić information content (AvgIpc) is 3.12. The highest BCUT2D eigenvalue weighted by Crippen LogP contribution is 2.36. The van der Waals surface area contributed by atoms with Crippen LogP contribution in [0.4, 0.5) is 0 Å². The molecule has 2 heterocycles. The Morgan fingerprint density at radius 3 is 2.70 bits per heavy atom. The van der Waals surface area contributed by atoms with Gasteiger partial charge in [0, 0.05) is 66.8 Å². The van der Waals surface area contributed by atoms with Gasteiger partial charge in [0.05, 0.1) is 0 Å². The van der Waals surface area contributed by atoms with Gasteiger partial charge in [-0.1, -0.05) is 46.3 Å². The molecular weight excluding hydrogens is 476 g/mol. The summed E-state index contributed by atoms with van der Waals surface area (Å²) >= 11 is 3.48. The van der Waals surface area contributed by atoms with Crippen molar-refractivity contribution in [2.24, 2.45) is 0 Å². The van der Waals surface area contributed by atoms with E-state index >= 15 is 0 Å². The number of methoxy groups -OCH3 is 1. The summed E-state index contributed by atoms with van der Waals surface area (Å²) < 4.78 is 8.91. The van der Waals surface area contributed by atoms with Crippen LogP contribution in [-0.4, -0.2) is 42.2 Å². The molecular formula is C28H35BrN2O2. The quantitative estimate of drug-likeness (QED) is 0.308. The van der Waals surface area contributed by atoms with E-state index in [1.54, 1.807) is 7.11 Å². The number of aryl methyl sites for hydroxylation is 3. The molecule has 5 heteroatoms. The number of para-hydroxylation sites is 1. The van der Waals surface area contributed by atoms with Crippen molar-refractivity contribution in [2.75, 3.05) is 26.8 Å². The van der Waals surface area contributed by atoms with Crippen molar-refractivity contribution in [3.8, 4) is 0 Å². The Hall–Kier alpha value is -2.11. The van der Waals surface area contributed by atoms with E-state index in [9.17, 15) is 4.79 Å². The largest absolute Gasteiger partial charge is 0.385 e. The number of hydrogen-bond acceptors (Lipinski definition) is 2. The average molecular weight is 512 g/mol. The molecule has 0 saturated carbocycles. The first-order chi connectivity index (χ1) is 16.1. The summed E-state index contributed by atoms with van der Waals surface area (Å²) in [5.74, 6) is 0.695. The van der Waals surface area contributed by atoms with Gasteiger partial charge in [-0.2, -0.15) is 0 Å². The number of hydrogen-bond donors (Lipinski definition) is 0. The molecule has 1 aromatic heterocycles. The van der Waals surface area contributed by atoms with Crippen LogP contribution in [0, 0.1) is 6.92 Å². The zero-order valence-electron chi connectivity index (χ0n) is 19.9. The maximum atomic E-state index is 13.1. The molecule has 1 atom stereocenters. The second-order valence-corrected chi connectivity index (χ2v) is 10.1. The van der Waals surface area contributed by atoms with Gasteiger partial charge in [-0.25, -0.2) is 0 Å². The highest BCUT2D eigenvalue weighted by atomic mass is 79.9. The second-order valence-electron chi connectivity index (χ2n) is 9.18. The number of rotatable bonds is 9. The van der Waals surface area contributed by atoms with E-state index in [-0.39, 0.29) is 0 Å². The van der Waals surface area contributed by atoms with Crippen LogP contribution in [0.5, 0.6) is 0 Å². The van der Waals surface area contributed by atoms with Gasteiger partial charge < -0.3 is 14.2 Å². The Morgan fingerprint density at radius 1 is 1.12 bits per heavy atom. The molecule has 1 aliphatic rings. The van der Waals surface area contributed by atoms with Crippen molar-refractivity contribution in [2.45, 2.75) is 57.9 Å². The highest BCUT2D eigenvalue weighted by molar-refractivity contribution is 9.10. The first kappa shape index (κ1) is 24.0. The molecule has 176 valence electrons. The topological polar surface area (TPSA) is 34.5 Å². The van der Waals surface area contributed by atoms with Crippen molar-refractivity contribution in [1.29, 1.82) is 0 Å². The molecule has 0 radical (unpaired) electrons. The summed E-state index contributed by atoms with van der Waals surface area (Å²) in [6, 6.07) is 17.1. The van der Waals surface area contributed by atoms with Gasteiger partial charge in [0.15, 0.2) is 0 Å². The Balaban J connectivity index is 1.45. The number of fused-ring (bicyclic) bond motifs is 1. The molecule has 1 aliphatic heterocycles. The smallest absolute Gasteiger partial charge is 0.222 e. The van der Waals surface area contributed by atoms with Gasteiger partial charge in [0.2, 0.25) is 5.91 Å². The minimum Gasteiger partial charge on any atom is -0.385 e. The number of amides is 1. The van der Waals surface area contributed by atoms with Crippen LogP contribution in [0.25, 0.3) is 10.9 Å². The van der Waals surface area contributed by atoms with Crippen LogP contribution in [-0.2, 0) is 22.5 Å². The van der Waals surface area contributed by atoms with Crippen LogP contribution < -0.4 is 0 Å². The molecule has 3 aromatic rings. The number of nitrogens with zero attached hydrogens (tertiary/aromatic N) is 2. The van der Waals surface area contributed by atoms with Crippen LogP contribution in [0.2, 0.25) is 0 Å². The van der Waals surface area contributed by atoms with Gasteiger partial charge in [-0.15, -0.1) is 0 Å². The van der Waals surface area contributed by atoms with Crippen molar-refractivity contribution >= 4 is 32.7 Å². The van der Waals surface area contributed by atoms with Crippen molar-refractivity contribution < 1.29 is 9.53 Å². The minimum absolute atomic E-state index is 0.302. The number of carbonyl (C=O) groups is 1. The standard InChI is InChI=1S/C28H35BrN2O2/c1-21-25-10-3-4-11-26(25)31(18-7-19-33-2)28(21)23-9-6-17-30(20-23)27(32)12-5-8-22-13-15-24(29)16-14-22/h3-4,10-11,13-16,23H,5-9,12,17-20H2,1-2H3. The molecule has 1 fully saturated rings. The Bertz CT molecular complexity index is 1070. The summed E-state index contributed by atoms with van der Waals surface area (Å²) in [4.78, 5) is 15.2. The van der Waals surface area contributed by atoms with Crippen molar-refractivity contribution in [1.82, 2.24) is 9.47 Å². The molecule has 1 amide bonds. The summed E-state index contributed by atoms with van der Waals surface area (Å²) in [6.07, 6.45) is 5.68. The molecule has 1 unspecified atom stereocenters. The zero-order chi connectivity index (χ0) is 23.2. The highest BCUT2D eigenvalue weighted by Gasteiger charge is 2.29. The number of likely N-dealkylation sites (tertiary alicyclic amines) is 1. The number of benzene rings is 2. The van der Waals surface area contributed by atoms with E-state index in [4.69, 9.17) is 4.74 Å². The van der Waals surface area contributed by atoms with Crippen molar-refractivity contribution in [3.63, 3.8) is 0 Å². The maximum Gasteiger partial charge on any atom is 0.222 e. The third-order valence-electron chi connectivity index (χ3n) is 6.93. The van der Waals surface area contributed by atoms with Crippen LogP contribution in [0.3, 0.4) is 0 Å². The summed E-state index contributed by atoms with van der Waals surface area (Å²) in [5, 5.41) is 1.34. The maximum absolute atomic E-state index is 13.1. The fourth-order valence-electron chi connectivity index (χ4n) is 5.31. The fourth-order valence-corrected chi connectivity index (χ4v) is 5.57. The van der Waals surface area contributed by atoms with Crippen LogP contribution in [0.1, 0.15) is 54.8 Å². The summed E-state index contributed by atoms with van der Waals surface area (Å²) in [6.45, 7) is 5.69. The summed E-state index contributed by atoms with van der Waals surface area (Å²) in [5.41, 5.74) is 5.38. The van der Waals surface area contributed by atoms with E-state index in [0.29, 0.717) is 18.2 Å². The summed E-state index contributed by atoms with van der Waals surface area (Å²) in [7, 11) is 1.77. The predicted octanol–water partition coefficient (Wildman–Crippen LogP) is 6.48. The number of ether oxygens (including phenoxy) is 1. The van der Waals surface area contributed by atoms with Crippen LogP contribution in [0.15, 0.2) is 53.0 Å². The van der Waals surface area contributed by atoms with E-state index in [2.05, 4.69) is 80.9 Å². The Morgan fingerprint density at radius 2 is 1.91 bits per heavy atom. The number of halogens is 1. The number of carbonyl (C=O) groups excluding carboxylic acids is 1. The minimum atomic E-state index is 0.302. The van der Waals surface area contributed by atoms with E-state index in [1.807, 2.05) is 0 Å². The molecule has 0 aliphatic carbocycles. The second kappa shape index (κ2) is 11.3. The number of piperidine rings is 1. The molecule has 1 saturated heterocycles. The fraction of sp³-hybridized carbons (Fsp3) is 0.464. The lowest BCUT2D eigenvalue weighted by Gasteiger charge is -2.34. The van der Waals surface area contributed by atoms with Gasteiger partial charge >= 0.3 is 0 Å². The third kappa shape index (κ3) is 5.70. The first-order valence-corrected chi connectivity index (χ1v) is 13.0. The molecule has 33 heavy (non-hydrogen) atoms. The normalized spacial score (nSPS) is 16.5. The monoisotopic (exact) mass is 510 g/mol. The Kier molecular flexibility index (Phi) is 8.26. The van der Waals surface area contributed by atoms with E-state index < -0.39 is 0 Å². The van der Waals surface area contributed by atoms with E-state index in [1.165, 1.54) is 27.7 Å². The van der Waals surface area contributed by atoms with Gasteiger partial charge in [-0.3, -0.25) is 4.79 Å². The third-order valence-corrected chi connectivity index (χ3v) is 7.46. The van der Waals surface area contributed by atoms with Gasteiger partial charge in [0.25, 0.3) is 0 Å². The van der Waals surface area contributed by atoms with Crippen LogP contribution >= 0.6 is 15.9 Å².